The quantitative estimate of drug-likeness (QED) is 0.192. The lowest BCUT2D eigenvalue weighted by Crippen LogP contribution is -2.52. The zero-order chi connectivity index (χ0) is 35.7. The molecule has 0 aromatic heterocycles. The van der Waals surface area contributed by atoms with Crippen molar-refractivity contribution in [3.63, 3.8) is 0 Å². The molecule has 16 heteroatoms. The third-order valence-corrected chi connectivity index (χ3v) is 12.2. The lowest BCUT2D eigenvalue weighted by molar-refractivity contribution is -0.0435. The van der Waals surface area contributed by atoms with Gasteiger partial charge in [-0.25, -0.2) is 21.6 Å². The zero-order valence-electron chi connectivity index (χ0n) is 27.2. The summed E-state index contributed by atoms with van der Waals surface area (Å²) >= 11 is 1.46. The molecule has 2 atom stereocenters. The van der Waals surface area contributed by atoms with Gasteiger partial charge in [-0.05, 0) is 62.0 Å². The van der Waals surface area contributed by atoms with E-state index >= 15 is 0 Å². The molecule has 1 saturated heterocycles. The fourth-order valence-electron chi connectivity index (χ4n) is 5.35. The molecule has 3 aromatic rings. The molecule has 0 spiro atoms. The fourth-order valence-corrected chi connectivity index (χ4v) is 8.37. The van der Waals surface area contributed by atoms with Crippen LogP contribution in [0.4, 0.5) is 18.9 Å². The smallest absolute Gasteiger partial charge is 0.380 e. The number of thioether (sulfide) groups is 1. The van der Waals surface area contributed by atoms with Gasteiger partial charge in [0.05, 0.1) is 23.8 Å². The minimum atomic E-state index is -6.03. The van der Waals surface area contributed by atoms with E-state index in [4.69, 9.17) is 4.74 Å². The van der Waals surface area contributed by atoms with Crippen LogP contribution in [0.2, 0.25) is 0 Å². The molecule has 0 saturated carbocycles. The monoisotopic (exact) mass is 742 g/mol. The number of likely N-dealkylation sites (N-methyl/N-ethyl adjacent to an activating group) is 1. The molecule has 10 nitrogen and oxygen atoms in total. The number of ether oxygens (including phenoxy) is 1. The Hall–Kier alpha value is -3.15. The average molecular weight is 743 g/mol. The van der Waals surface area contributed by atoms with Gasteiger partial charge in [0.1, 0.15) is 4.90 Å². The summed E-state index contributed by atoms with van der Waals surface area (Å²) < 4.78 is 102. The number of morpholine rings is 1. The Morgan fingerprint density at radius 2 is 1.65 bits per heavy atom. The van der Waals surface area contributed by atoms with Crippen molar-refractivity contribution >= 4 is 43.2 Å². The van der Waals surface area contributed by atoms with Gasteiger partial charge in [0, 0.05) is 47.9 Å². The van der Waals surface area contributed by atoms with Gasteiger partial charge in [0.15, 0.2) is 0 Å². The Kier molecular flexibility index (Phi) is 13.6. The van der Waals surface area contributed by atoms with E-state index in [1.165, 1.54) is 36.0 Å². The van der Waals surface area contributed by atoms with E-state index < -0.39 is 52.8 Å². The number of alkyl halides is 3. The second-order valence-electron chi connectivity index (χ2n) is 11.4. The summed E-state index contributed by atoms with van der Waals surface area (Å²) in [6.45, 7) is 8.99. The molecule has 3 aromatic carbocycles. The summed E-state index contributed by atoms with van der Waals surface area (Å²) in [7, 11) is -10.8. The molecule has 2 N–H and O–H groups in total. The van der Waals surface area contributed by atoms with E-state index in [1.54, 1.807) is 10.8 Å². The fraction of sp³-hybridized carbons (Fsp3) is 0.424. The second-order valence-corrected chi connectivity index (χ2v) is 16.1. The number of sulfone groups is 1. The molecule has 1 amide bonds. The van der Waals surface area contributed by atoms with Crippen molar-refractivity contribution < 1.29 is 39.5 Å². The van der Waals surface area contributed by atoms with Crippen molar-refractivity contribution in [3.05, 3.63) is 84.4 Å². The van der Waals surface area contributed by atoms with Crippen LogP contribution in [0.25, 0.3) is 0 Å². The summed E-state index contributed by atoms with van der Waals surface area (Å²) in [5.74, 6) is -0.656. The van der Waals surface area contributed by atoms with Crippen LogP contribution in [0.1, 0.15) is 30.6 Å². The number of sulfonamides is 1. The molecule has 1 aliphatic heterocycles. The van der Waals surface area contributed by atoms with Crippen molar-refractivity contribution in [2.75, 3.05) is 57.0 Å². The van der Waals surface area contributed by atoms with Crippen LogP contribution in [0, 0.1) is 0 Å². The maximum atomic E-state index is 14.0. The number of rotatable bonds is 16. The minimum Gasteiger partial charge on any atom is -0.380 e. The number of hydrogen-bond donors (Lipinski definition) is 2. The number of benzene rings is 3. The SMILES string of the molecule is CCN(CC)CC1COCCN1CCC(CSc1ccccc1)Nc1ccc(S(=O)(=O)NC(=O)c2ccccc2)cc1S(=O)(=O)C(F)(F)F. The molecule has 0 radical (unpaired) electrons. The van der Waals surface area contributed by atoms with Crippen molar-refractivity contribution in [2.45, 2.75) is 52.5 Å². The number of hydrogen-bond acceptors (Lipinski definition) is 10. The topological polar surface area (TPSA) is 125 Å². The Morgan fingerprint density at radius 1 is 1.00 bits per heavy atom. The molecule has 0 aliphatic carbocycles. The maximum Gasteiger partial charge on any atom is 0.501 e. The van der Waals surface area contributed by atoms with E-state index in [-0.39, 0.29) is 11.6 Å². The van der Waals surface area contributed by atoms with Gasteiger partial charge >= 0.3 is 5.51 Å². The predicted molar refractivity (Wildman–Crippen MR) is 184 cm³/mol. The van der Waals surface area contributed by atoms with Crippen LogP contribution in [0.3, 0.4) is 0 Å². The van der Waals surface area contributed by atoms with Crippen LogP contribution in [0.5, 0.6) is 0 Å². The number of carbonyl (C=O) groups is 1. The maximum absolute atomic E-state index is 14.0. The highest BCUT2D eigenvalue weighted by Gasteiger charge is 2.48. The van der Waals surface area contributed by atoms with Gasteiger partial charge in [-0.2, -0.15) is 13.2 Å². The molecule has 1 heterocycles. The molecule has 49 heavy (non-hydrogen) atoms. The lowest BCUT2D eigenvalue weighted by Gasteiger charge is -2.39. The number of carbonyl (C=O) groups excluding carboxylic acids is 1. The van der Waals surface area contributed by atoms with Gasteiger partial charge in [-0.15, -0.1) is 11.8 Å². The summed E-state index contributed by atoms with van der Waals surface area (Å²) in [5, 5.41) is 3.01. The highest BCUT2D eigenvalue weighted by molar-refractivity contribution is 7.99. The second kappa shape index (κ2) is 17.2. The summed E-state index contributed by atoms with van der Waals surface area (Å²) in [6.07, 6.45) is 0.438. The summed E-state index contributed by atoms with van der Waals surface area (Å²) in [6, 6.07) is 18.7. The predicted octanol–water partition coefficient (Wildman–Crippen LogP) is 5.10. The Labute approximate surface area is 290 Å². The number of nitrogens with zero attached hydrogens (tertiary/aromatic N) is 2. The van der Waals surface area contributed by atoms with Gasteiger partial charge in [-0.1, -0.05) is 50.2 Å². The molecule has 1 aliphatic rings. The number of amides is 1. The highest BCUT2D eigenvalue weighted by Crippen LogP contribution is 2.36. The van der Waals surface area contributed by atoms with E-state index in [1.807, 2.05) is 30.3 Å². The van der Waals surface area contributed by atoms with E-state index in [0.717, 1.165) is 36.7 Å². The molecule has 0 bridgehead atoms. The van der Waals surface area contributed by atoms with Crippen LogP contribution in [0.15, 0.2) is 93.5 Å². The van der Waals surface area contributed by atoms with Crippen LogP contribution < -0.4 is 10.0 Å². The third-order valence-electron chi connectivity index (χ3n) is 8.15. The van der Waals surface area contributed by atoms with Crippen LogP contribution in [-0.2, 0) is 24.6 Å². The van der Waals surface area contributed by atoms with Crippen LogP contribution >= 0.6 is 11.8 Å². The first-order valence-electron chi connectivity index (χ1n) is 15.8. The van der Waals surface area contributed by atoms with Gasteiger partial charge in [-0.3, -0.25) is 9.69 Å². The van der Waals surface area contributed by atoms with Gasteiger partial charge < -0.3 is 15.0 Å². The lowest BCUT2D eigenvalue weighted by atomic mass is 10.1. The molecule has 2 unspecified atom stereocenters. The first kappa shape index (κ1) is 38.6. The van der Waals surface area contributed by atoms with Crippen LogP contribution in [-0.4, -0.2) is 102 Å². The van der Waals surface area contributed by atoms with Gasteiger partial charge in [0.25, 0.3) is 25.8 Å². The summed E-state index contributed by atoms with van der Waals surface area (Å²) in [4.78, 5) is 16.0. The first-order chi connectivity index (χ1) is 23.2. The molecule has 268 valence electrons. The average Bonchev–Trinajstić information content (AvgIpc) is 3.09. The highest BCUT2D eigenvalue weighted by atomic mass is 32.2. The standard InChI is InChI=1S/C33H41F3N4O6S3/c1-3-39(4-2)22-27-23-46-20-19-40(27)18-17-26(24-47-28-13-9-6-10-14-28)37-30-16-15-29(21-31(30)48(42,43)33(34,35)36)49(44,45)38-32(41)25-11-7-5-8-12-25/h5-16,21,26-27,37H,3-4,17-20,22-24H2,1-2H3,(H,38,41). The minimum absolute atomic E-state index is 0.00846. The third kappa shape index (κ3) is 10.4. The van der Waals surface area contributed by atoms with Crippen molar-refractivity contribution in [2.24, 2.45) is 0 Å². The van der Waals surface area contributed by atoms with E-state index in [2.05, 4.69) is 29.0 Å². The van der Waals surface area contributed by atoms with E-state index in [9.17, 15) is 34.8 Å². The molecule has 1 fully saturated rings. The first-order valence-corrected chi connectivity index (χ1v) is 19.8. The zero-order valence-corrected chi connectivity index (χ0v) is 29.7. The van der Waals surface area contributed by atoms with Crippen molar-refractivity contribution in [1.82, 2.24) is 14.5 Å². The molecular weight excluding hydrogens is 702 g/mol. The Morgan fingerprint density at radius 3 is 2.29 bits per heavy atom. The molecule has 4 rings (SSSR count). The Balaban J connectivity index is 1.65. The number of halogens is 3. The van der Waals surface area contributed by atoms with E-state index in [0.29, 0.717) is 44.5 Å². The normalized spacial score (nSPS) is 16.7. The number of anilines is 1. The molecular formula is C33H41F3N4O6S3. The summed E-state index contributed by atoms with van der Waals surface area (Å²) in [5.41, 5.74) is -6.13. The number of nitrogens with one attached hydrogen (secondary N) is 2. The van der Waals surface area contributed by atoms with Crippen molar-refractivity contribution in [3.8, 4) is 0 Å². The van der Waals surface area contributed by atoms with Crippen molar-refractivity contribution in [1.29, 1.82) is 0 Å². The van der Waals surface area contributed by atoms with Gasteiger partial charge in [0.2, 0.25) is 0 Å². The Bertz CT molecular complexity index is 1740. The largest absolute Gasteiger partial charge is 0.501 e.